The molecule has 0 saturated carbocycles. The van der Waals surface area contributed by atoms with Gasteiger partial charge in [-0.3, -0.25) is 4.79 Å². The topological polar surface area (TPSA) is 46.1 Å². The van der Waals surface area contributed by atoms with E-state index in [0.717, 1.165) is 38.0 Å². The van der Waals surface area contributed by atoms with Gasteiger partial charge in [0.15, 0.2) is 0 Å². The zero-order chi connectivity index (χ0) is 14.8. The first-order chi connectivity index (χ1) is 9.36. The molecule has 2 rings (SSSR count). The normalized spacial score (nSPS) is 20.0. The highest BCUT2D eigenvalue weighted by molar-refractivity contribution is 6.29. The summed E-state index contributed by atoms with van der Waals surface area (Å²) in [5.41, 5.74) is 0.653. The molecule has 1 amide bonds. The maximum Gasteiger partial charge on any atom is 0.227 e. The Kier molecular flexibility index (Phi) is 4.63. The monoisotopic (exact) mass is 295 g/mol. The summed E-state index contributed by atoms with van der Waals surface area (Å²) in [5.74, 6) is 0.698. The van der Waals surface area contributed by atoms with E-state index >= 15 is 0 Å². The predicted octanol–water partition coefficient (Wildman–Crippen LogP) is 2.96. The van der Waals surface area contributed by atoms with Crippen molar-refractivity contribution >= 4 is 17.5 Å². The van der Waals surface area contributed by atoms with Crippen LogP contribution in [0.5, 0.6) is 0 Å². The highest BCUT2D eigenvalue weighted by atomic mass is 35.5. The second-order valence-corrected chi connectivity index (χ2v) is 6.93. The molecule has 1 aliphatic heterocycles. The van der Waals surface area contributed by atoms with E-state index < -0.39 is 0 Å². The van der Waals surface area contributed by atoms with Crippen molar-refractivity contribution in [2.75, 3.05) is 13.1 Å². The SMILES string of the molecule is CC(C)(C)C(=O)N1CCCC(Cc2cc(Cl)ncn2)C1. The molecule has 1 aromatic heterocycles. The molecule has 20 heavy (non-hydrogen) atoms. The van der Waals surface area contributed by atoms with Crippen LogP contribution < -0.4 is 0 Å². The van der Waals surface area contributed by atoms with Gasteiger partial charge in [0.05, 0.1) is 0 Å². The lowest BCUT2D eigenvalue weighted by Gasteiger charge is -2.36. The minimum Gasteiger partial charge on any atom is -0.342 e. The lowest BCUT2D eigenvalue weighted by Crippen LogP contribution is -2.45. The first-order valence-corrected chi connectivity index (χ1v) is 7.50. The molecule has 0 bridgehead atoms. The van der Waals surface area contributed by atoms with Crippen molar-refractivity contribution in [3.8, 4) is 0 Å². The maximum atomic E-state index is 12.4. The molecule has 110 valence electrons. The van der Waals surface area contributed by atoms with Crippen LogP contribution in [0.2, 0.25) is 5.15 Å². The number of piperidine rings is 1. The number of likely N-dealkylation sites (tertiary alicyclic amines) is 1. The first kappa shape index (κ1) is 15.2. The fraction of sp³-hybridized carbons (Fsp3) is 0.667. The van der Waals surface area contributed by atoms with E-state index in [1.807, 2.05) is 31.7 Å². The van der Waals surface area contributed by atoms with Crippen LogP contribution in [0, 0.1) is 11.3 Å². The van der Waals surface area contributed by atoms with E-state index in [0.29, 0.717) is 11.1 Å². The fourth-order valence-electron chi connectivity index (χ4n) is 2.67. The Morgan fingerprint density at radius 3 is 2.85 bits per heavy atom. The molecule has 1 saturated heterocycles. The van der Waals surface area contributed by atoms with Crippen molar-refractivity contribution < 1.29 is 4.79 Å². The first-order valence-electron chi connectivity index (χ1n) is 7.12. The number of aromatic nitrogens is 2. The van der Waals surface area contributed by atoms with Gasteiger partial charge in [-0.2, -0.15) is 0 Å². The van der Waals surface area contributed by atoms with Crippen LogP contribution in [0.4, 0.5) is 0 Å². The Labute approximate surface area is 125 Å². The van der Waals surface area contributed by atoms with Crippen LogP contribution in [-0.4, -0.2) is 33.9 Å². The average molecular weight is 296 g/mol. The van der Waals surface area contributed by atoms with Crippen molar-refractivity contribution in [1.29, 1.82) is 0 Å². The number of amides is 1. The smallest absolute Gasteiger partial charge is 0.227 e. The summed E-state index contributed by atoms with van der Waals surface area (Å²) in [6.45, 7) is 7.62. The molecule has 5 heteroatoms. The Balaban J connectivity index is 1.99. The second-order valence-electron chi connectivity index (χ2n) is 6.55. The molecule has 1 aromatic rings. The quantitative estimate of drug-likeness (QED) is 0.788. The molecule has 1 unspecified atom stereocenters. The maximum absolute atomic E-state index is 12.4. The Morgan fingerprint density at radius 1 is 1.45 bits per heavy atom. The zero-order valence-electron chi connectivity index (χ0n) is 12.4. The summed E-state index contributed by atoms with van der Waals surface area (Å²) in [5, 5.41) is 0.480. The summed E-state index contributed by atoms with van der Waals surface area (Å²) in [4.78, 5) is 22.5. The predicted molar refractivity (Wildman–Crippen MR) is 79.5 cm³/mol. The summed E-state index contributed by atoms with van der Waals surface area (Å²) in [6, 6.07) is 1.81. The largest absolute Gasteiger partial charge is 0.342 e. The number of halogens is 1. The van der Waals surface area contributed by atoms with E-state index in [-0.39, 0.29) is 11.3 Å². The van der Waals surface area contributed by atoms with Gasteiger partial charge in [-0.15, -0.1) is 0 Å². The van der Waals surface area contributed by atoms with Gasteiger partial charge in [-0.05, 0) is 31.2 Å². The molecule has 0 N–H and O–H groups in total. The molecule has 4 nitrogen and oxygen atoms in total. The molecule has 2 heterocycles. The molecule has 1 atom stereocenters. The van der Waals surface area contributed by atoms with Gasteiger partial charge < -0.3 is 4.90 Å². The van der Waals surface area contributed by atoms with Crippen LogP contribution in [0.25, 0.3) is 0 Å². The standard InChI is InChI=1S/C15H22ClN3O/c1-15(2,3)14(20)19-6-4-5-11(9-19)7-12-8-13(16)18-10-17-12/h8,10-11H,4-7,9H2,1-3H3. The average Bonchev–Trinajstić information content (AvgIpc) is 2.37. The van der Waals surface area contributed by atoms with Gasteiger partial charge in [0.2, 0.25) is 5.91 Å². The second kappa shape index (κ2) is 6.08. The van der Waals surface area contributed by atoms with Crippen molar-refractivity contribution in [3.63, 3.8) is 0 Å². The van der Waals surface area contributed by atoms with Crippen molar-refractivity contribution in [1.82, 2.24) is 14.9 Å². The third kappa shape index (κ3) is 3.92. The highest BCUT2D eigenvalue weighted by Crippen LogP contribution is 2.25. The van der Waals surface area contributed by atoms with E-state index in [2.05, 4.69) is 9.97 Å². The molecule has 0 spiro atoms. The summed E-state index contributed by atoms with van der Waals surface area (Å²) in [7, 11) is 0. The van der Waals surface area contributed by atoms with Crippen molar-refractivity contribution in [2.45, 2.75) is 40.0 Å². The number of nitrogens with zero attached hydrogens (tertiary/aromatic N) is 3. The van der Waals surface area contributed by atoms with Gasteiger partial charge in [0.1, 0.15) is 11.5 Å². The minimum atomic E-state index is -0.305. The Bertz CT molecular complexity index is 484. The Morgan fingerprint density at radius 2 is 2.20 bits per heavy atom. The van der Waals surface area contributed by atoms with E-state index in [9.17, 15) is 4.79 Å². The molecular weight excluding hydrogens is 274 g/mol. The number of hydrogen-bond donors (Lipinski definition) is 0. The molecule has 0 aromatic carbocycles. The molecule has 1 fully saturated rings. The highest BCUT2D eigenvalue weighted by Gasteiger charge is 2.31. The lowest BCUT2D eigenvalue weighted by atomic mass is 9.89. The number of rotatable bonds is 2. The van der Waals surface area contributed by atoms with Crippen LogP contribution in [0.15, 0.2) is 12.4 Å². The Hall–Kier alpha value is -1.16. The number of carbonyl (C=O) groups is 1. The van der Waals surface area contributed by atoms with E-state index in [1.54, 1.807) is 0 Å². The molecule has 1 aliphatic rings. The van der Waals surface area contributed by atoms with Crippen LogP contribution in [0.3, 0.4) is 0 Å². The zero-order valence-corrected chi connectivity index (χ0v) is 13.2. The van der Waals surface area contributed by atoms with Gasteiger partial charge in [0.25, 0.3) is 0 Å². The third-order valence-electron chi connectivity index (χ3n) is 3.64. The van der Waals surface area contributed by atoms with Gasteiger partial charge in [-0.25, -0.2) is 9.97 Å². The van der Waals surface area contributed by atoms with Crippen LogP contribution in [0.1, 0.15) is 39.3 Å². The number of carbonyl (C=O) groups excluding carboxylic acids is 1. The summed E-state index contributed by atoms with van der Waals surface area (Å²) in [6.07, 6.45) is 4.55. The van der Waals surface area contributed by atoms with Crippen LogP contribution >= 0.6 is 11.6 Å². The van der Waals surface area contributed by atoms with Gasteiger partial charge in [-0.1, -0.05) is 32.4 Å². The van der Waals surface area contributed by atoms with Crippen molar-refractivity contribution in [3.05, 3.63) is 23.2 Å². The van der Waals surface area contributed by atoms with Gasteiger partial charge >= 0.3 is 0 Å². The fourth-order valence-corrected chi connectivity index (χ4v) is 2.84. The molecule has 0 aliphatic carbocycles. The van der Waals surface area contributed by atoms with Crippen molar-refractivity contribution in [2.24, 2.45) is 11.3 Å². The summed E-state index contributed by atoms with van der Waals surface area (Å²) < 4.78 is 0. The lowest BCUT2D eigenvalue weighted by molar-refractivity contribution is -0.141. The van der Waals surface area contributed by atoms with E-state index in [1.165, 1.54) is 6.33 Å². The number of hydrogen-bond acceptors (Lipinski definition) is 3. The van der Waals surface area contributed by atoms with Crippen LogP contribution in [-0.2, 0) is 11.2 Å². The third-order valence-corrected chi connectivity index (χ3v) is 3.84. The summed E-state index contributed by atoms with van der Waals surface area (Å²) >= 11 is 5.89. The molecule has 0 radical (unpaired) electrons. The van der Waals surface area contributed by atoms with E-state index in [4.69, 9.17) is 11.6 Å². The van der Waals surface area contributed by atoms with Gasteiger partial charge in [0, 0.05) is 24.2 Å². The minimum absolute atomic E-state index is 0.239. The molecular formula is C15H22ClN3O.